The van der Waals surface area contributed by atoms with Crippen molar-refractivity contribution in [3.8, 4) is 0 Å². The van der Waals surface area contributed by atoms with Gasteiger partial charge in [0.1, 0.15) is 33.3 Å². The zero-order chi connectivity index (χ0) is 91.7. The summed E-state index contributed by atoms with van der Waals surface area (Å²) in [4.78, 5) is 75.4. The van der Waals surface area contributed by atoms with Gasteiger partial charge in [-0.05, 0) is 159 Å². The van der Waals surface area contributed by atoms with Crippen LogP contribution < -0.4 is 16.0 Å². The summed E-state index contributed by atoms with van der Waals surface area (Å²) < 4.78 is 115. The van der Waals surface area contributed by atoms with Gasteiger partial charge in [0, 0.05) is 177 Å². The van der Waals surface area contributed by atoms with Crippen LogP contribution in [0.1, 0.15) is 132 Å². The molecule has 0 aliphatic carbocycles. The van der Waals surface area contributed by atoms with E-state index in [2.05, 4.69) is 121 Å². The first-order valence-electron chi connectivity index (χ1n) is 42.2. The molecule has 5 aromatic rings. The number of esters is 5. The molecule has 4 saturated heterocycles. The zero-order valence-electron chi connectivity index (χ0n) is 76.0. The summed E-state index contributed by atoms with van der Waals surface area (Å²) in [6.07, 6.45) is 0. The quantitative estimate of drug-likeness (QED) is 0.0223. The molecule has 4 aliphatic heterocycles. The third-order valence-corrected chi connectivity index (χ3v) is 22.7. The molecule has 692 valence electrons. The highest BCUT2D eigenvalue weighted by atomic mass is 79.9. The van der Waals surface area contributed by atoms with E-state index in [0.717, 1.165) is 121 Å². The lowest BCUT2D eigenvalue weighted by molar-refractivity contribution is -0.158. The van der Waals surface area contributed by atoms with Crippen molar-refractivity contribution in [2.24, 2.45) is 0 Å². The molecular weight excluding hydrogens is 1700 g/mol. The molecule has 9 rings (SSSR count). The summed E-state index contributed by atoms with van der Waals surface area (Å²) in [6, 6.07) is 44.6. The molecule has 0 bridgehead atoms. The van der Waals surface area contributed by atoms with E-state index in [-0.39, 0.29) is 103 Å². The Kier molecular flexibility index (Phi) is 47.4. The van der Waals surface area contributed by atoms with Gasteiger partial charge in [-0.25, -0.2) is 16.8 Å². The van der Waals surface area contributed by atoms with Crippen molar-refractivity contribution < 1.29 is 82.0 Å². The Balaban J connectivity index is 0.000000335. The largest absolute Gasteiger partial charge is 0.459 e. The normalized spacial score (nSPS) is 17.4. The molecule has 5 N–H and O–H groups in total. The van der Waals surface area contributed by atoms with Gasteiger partial charge in [0.05, 0.1) is 36.0 Å². The molecule has 4 fully saturated rings. The fourth-order valence-corrected chi connectivity index (χ4v) is 15.8. The monoisotopic (exact) mass is 1840 g/mol. The van der Waals surface area contributed by atoms with Gasteiger partial charge in [-0.1, -0.05) is 142 Å². The topological polar surface area (TPSA) is 340 Å². The lowest BCUT2D eigenvalue weighted by Crippen LogP contribution is -2.42. The molecule has 0 spiro atoms. The first kappa shape index (κ1) is 109. The number of halogens is 1. The molecule has 0 unspecified atom stereocenters. The van der Waals surface area contributed by atoms with Crippen molar-refractivity contribution >= 4 is 76.2 Å². The third kappa shape index (κ3) is 51.0. The van der Waals surface area contributed by atoms with Crippen LogP contribution in [-0.2, 0) is 97.7 Å². The molecule has 30 nitrogen and oxygen atoms in total. The fraction of sp³-hybridized carbons (Fsp3) is 0.607. The number of rotatable bonds is 19. The van der Waals surface area contributed by atoms with Gasteiger partial charge in [-0.15, -0.1) is 0 Å². The van der Waals surface area contributed by atoms with E-state index in [1.807, 2.05) is 154 Å². The van der Waals surface area contributed by atoms with Crippen molar-refractivity contribution in [2.75, 3.05) is 189 Å². The smallest absolute Gasteiger partial charge is 0.394 e. The molecule has 4 aliphatic rings. The van der Waals surface area contributed by atoms with Gasteiger partial charge in [-0.2, -0.15) is 17.0 Å². The molecule has 0 radical (unpaired) electrons. The van der Waals surface area contributed by atoms with Crippen LogP contribution >= 0.6 is 15.9 Å². The van der Waals surface area contributed by atoms with Crippen LogP contribution in [-0.4, -0.2) is 324 Å². The molecule has 5 aromatic carbocycles. The van der Waals surface area contributed by atoms with Crippen molar-refractivity contribution in [2.45, 2.75) is 175 Å². The van der Waals surface area contributed by atoms with Crippen molar-refractivity contribution in [3.05, 3.63) is 167 Å². The number of carbonyl (C=O) groups excluding carboxylic acids is 5. The Morgan fingerprint density at radius 2 is 0.512 bits per heavy atom. The molecule has 0 amide bonds. The van der Waals surface area contributed by atoms with Crippen LogP contribution in [0.5, 0.6) is 0 Å². The van der Waals surface area contributed by atoms with E-state index >= 15 is 0 Å². The minimum Gasteiger partial charge on any atom is -0.459 e. The second kappa shape index (κ2) is 53.8. The fourth-order valence-electron chi connectivity index (χ4n) is 12.8. The van der Waals surface area contributed by atoms with Crippen LogP contribution in [0, 0.1) is 13.8 Å². The van der Waals surface area contributed by atoms with Crippen molar-refractivity contribution in [1.82, 2.24) is 58.9 Å². The van der Waals surface area contributed by atoms with Crippen LogP contribution in [0.25, 0.3) is 0 Å². The van der Waals surface area contributed by atoms with Crippen LogP contribution in [0.4, 0.5) is 0 Å². The summed E-state index contributed by atoms with van der Waals surface area (Å²) in [6.45, 7) is 52.9. The maximum Gasteiger partial charge on any atom is 0.394 e. The van der Waals surface area contributed by atoms with E-state index < -0.39 is 52.8 Å². The van der Waals surface area contributed by atoms with Crippen LogP contribution in [0.3, 0.4) is 0 Å². The first-order valence-corrected chi connectivity index (χ1v) is 47.6. The molecule has 0 saturated carbocycles. The van der Waals surface area contributed by atoms with Gasteiger partial charge < -0.3 is 39.6 Å². The highest BCUT2D eigenvalue weighted by Crippen LogP contribution is 2.23. The molecular formula is C89H143BrN12O18S3. The molecule has 123 heavy (non-hydrogen) atoms. The maximum atomic E-state index is 13.5. The lowest BCUT2D eigenvalue weighted by Gasteiger charge is -2.27. The number of benzene rings is 5. The highest BCUT2D eigenvalue weighted by molar-refractivity contribution is 9.09. The van der Waals surface area contributed by atoms with Gasteiger partial charge in [0.15, 0.2) is 0 Å². The van der Waals surface area contributed by atoms with Crippen molar-refractivity contribution in [3.63, 3.8) is 0 Å². The Morgan fingerprint density at radius 3 is 0.756 bits per heavy atom. The SMILES string of the molecule is CC(C)(C)OC(=O)CBr.CC(C)(C)OC(=O)CN1CCN(CC(=O)OC(C)(C)C)CCN(Cc2ccccc2)CC1.CC(C)(C)OC(=O)CN1CCNCCN(CC(=O)OC(C)(C)C)CC1.Cc1ccc(S(=O)(=O)N2CCN(Cc3ccccc3)CCN(S(=O)(=O)c3ccc(C)cc3)CC2)cc1.O=S(=O)(O)O.c1ccc(CN2CCNCCNCC2)cc1. The number of alkyl halides is 1. The summed E-state index contributed by atoms with van der Waals surface area (Å²) in [5, 5.41) is 10.5. The molecule has 0 atom stereocenters. The number of aryl methyl sites for hydroxylation is 2. The second-order valence-electron chi connectivity index (χ2n) is 35.6. The standard InChI is InChI=1S/C27H33N3O4S2.C25H41N3O4.C18H35N3O4.C13H21N3.C6H11BrO2.H2O4S/c1-23-8-12-26(13-9-23)35(31,32)29-18-16-28(22-25-6-4-3-5-7-25)17-19-30(21-20-29)36(33,34)27-14-10-24(2)11-15-27;1-24(2,3)31-22(29)19-27-14-12-26(18-21-10-8-7-9-11-21)13-15-28(17-16-27)20-23(30)32-25(4,5)6;1-17(2,3)24-15(22)13-20-9-7-19-8-10-21(12-11-20)14-16(23)25-18(4,5)6;1-2-4-13(5-3-1)12-16-10-8-14-6-7-15-9-11-16;1-6(2,3)9-5(8)4-7;1-5(2,3)4/h3-15H,16-22H2,1-2H3;7-11H,12-20H2,1-6H3;19H,7-14H2,1-6H3;1-5,14-15H,6-12H2;4H2,1-3H3;(H2,1,2,3,4). The number of hydrogen-bond acceptors (Lipinski definition) is 26. The van der Waals surface area contributed by atoms with Crippen molar-refractivity contribution in [1.29, 1.82) is 0 Å². The maximum absolute atomic E-state index is 13.5. The number of hydrogen-bond donors (Lipinski definition) is 5. The van der Waals surface area contributed by atoms with E-state index in [4.69, 9.17) is 41.2 Å². The predicted octanol–water partition coefficient (Wildman–Crippen LogP) is 8.92. The van der Waals surface area contributed by atoms with Gasteiger partial charge in [-0.3, -0.25) is 67.4 Å². The number of carbonyl (C=O) groups is 5. The van der Waals surface area contributed by atoms with E-state index in [1.54, 1.807) is 48.5 Å². The summed E-state index contributed by atoms with van der Waals surface area (Å²) >= 11 is 2.99. The van der Waals surface area contributed by atoms with Crippen LogP contribution in [0.2, 0.25) is 0 Å². The Bertz CT molecular complexity index is 4060. The minimum atomic E-state index is -4.67. The number of nitrogens with one attached hydrogen (secondary N) is 3. The lowest BCUT2D eigenvalue weighted by atomic mass is 10.2. The highest BCUT2D eigenvalue weighted by Gasteiger charge is 2.33. The summed E-state index contributed by atoms with van der Waals surface area (Å²) in [7, 11) is -12.2. The summed E-state index contributed by atoms with van der Waals surface area (Å²) in [5.74, 6) is -1.09. The van der Waals surface area contributed by atoms with Gasteiger partial charge >= 0.3 is 40.2 Å². The third-order valence-electron chi connectivity index (χ3n) is 18.4. The van der Waals surface area contributed by atoms with Gasteiger partial charge in [0.2, 0.25) is 20.0 Å². The van der Waals surface area contributed by atoms with E-state index in [1.165, 1.54) is 19.7 Å². The Hall–Kier alpha value is -6.78. The minimum absolute atomic E-state index is 0.0838. The molecule has 0 aromatic heterocycles. The van der Waals surface area contributed by atoms with Gasteiger partial charge in [0.25, 0.3) is 0 Å². The first-order chi connectivity index (χ1) is 57.4. The molecule has 4 heterocycles. The molecule has 34 heteroatoms. The Morgan fingerprint density at radius 1 is 0.309 bits per heavy atom. The average molecular weight is 1850 g/mol. The van der Waals surface area contributed by atoms with E-state index in [9.17, 15) is 40.8 Å². The second-order valence-corrected chi connectivity index (χ2v) is 40.9. The van der Waals surface area contributed by atoms with Crippen LogP contribution in [0.15, 0.2) is 149 Å². The number of sulfonamides is 2. The Labute approximate surface area is 743 Å². The zero-order valence-corrected chi connectivity index (χ0v) is 80.0. The predicted molar refractivity (Wildman–Crippen MR) is 487 cm³/mol. The number of nitrogens with zero attached hydrogens (tertiary/aromatic N) is 9. The average Bonchev–Trinajstić information content (AvgIpc) is 1.40. The van der Waals surface area contributed by atoms with E-state index in [0.29, 0.717) is 45.8 Å². The summed E-state index contributed by atoms with van der Waals surface area (Å²) in [5.41, 5.74) is 3.40. The number of ether oxygens (including phenoxy) is 5.